The van der Waals surface area contributed by atoms with E-state index in [1.807, 2.05) is 0 Å². The van der Waals surface area contributed by atoms with Gasteiger partial charge in [0.05, 0.1) is 26.9 Å². The molecule has 3 rings (SSSR count). The lowest BCUT2D eigenvalue weighted by Gasteiger charge is -2.42. The highest BCUT2D eigenvalue weighted by Gasteiger charge is 2.71. The van der Waals surface area contributed by atoms with Gasteiger partial charge < -0.3 is 19.3 Å². The number of Topliss-reactive ketones (excluding diaryl/α,β-unsaturated/α-hetero) is 1. The first-order valence-electron chi connectivity index (χ1n) is 8.56. The molecule has 0 saturated heterocycles. The minimum absolute atomic E-state index is 0.320. The van der Waals surface area contributed by atoms with Crippen LogP contribution in [0.5, 0.6) is 0 Å². The second-order valence-electron chi connectivity index (χ2n) is 6.75. The van der Waals surface area contributed by atoms with Gasteiger partial charge in [-0.15, -0.1) is 0 Å². The van der Waals surface area contributed by atoms with Crippen LogP contribution in [-0.4, -0.2) is 50.1 Å². The van der Waals surface area contributed by atoms with Gasteiger partial charge >= 0.3 is 17.9 Å². The van der Waals surface area contributed by atoms with Crippen molar-refractivity contribution >= 4 is 23.7 Å². The third-order valence-corrected chi connectivity index (χ3v) is 5.75. The van der Waals surface area contributed by atoms with E-state index in [9.17, 15) is 24.3 Å². The van der Waals surface area contributed by atoms with Crippen LogP contribution in [0, 0.1) is 11.3 Å². The number of hydrogen-bond donors (Lipinski definition) is 1. The van der Waals surface area contributed by atoms with Crippen LogP contribution in [0.15, 0.2) is 35.6 Å². The van der Waals surface area contributed by atoms with Crippen LogP contribution in [0.25, 0.3) is 0 Å². The van der Waals surface area contributed by atoms with E-state index in [-0.39, 0.29) is 5.57 Å². The maximum absolute atomic E-state index is 13.0. The predicted molar refractivity (Wildman–Crippen MR) is 94.2 cm³/mol. The molecule has 0 radical (unpaired) electrons. The number of aliphatic hydroxyl groups excluding tert-OH is 1. The van der Waals surface area contributed by atoms with E-state index < -0.39 is 52.6 Å². The molecule has 0 aliphatic heterocycles. The van der Waals surface area contributed by atoms with Gasteiger partial charge in [0, 0.05) is 11.8 Å². The van der Waals surface area contributed by atoms with Crippen LogP contribution in [0.3, 0.4) is 0 Å². The Morgan fingerprint density at radius 2 is 1.57 bits per heavy atom. The average molecular weight is 388 g/mol. The van der Waals surface area contributed by atoms with Gasteiger partial charge in [-0.05, 0) is 18.1 Å². The summed E-state index contributed by atoms with van der Waals surface area (Å²) in [5.41, 5.74) is -1.26. The summed E-state index contributed by atoms with van der Waals surface area (Å²) >= 11 is 0. The summed E-state index contributed by atoms with van der Waals surface area (Å²) in [7, 11) is 3.35. The zero-order valence-electron chi connectivity index (χ0n) is 15.8. The van der Waals surface area contributed by atoms with Crippen molar-refractivity contribution in [3.63, 3.8) is 0 Å². The molecule has 0 spiro atoms. The summed E-state index contributed by atoms with van der Waals surface area (Å²) in [5.74, 6) is -7.55. The molecule has 0 saturated carbocycles. The van der Waals surface area contributed by atoms with Gasteiger partial charge in [-0.3, -0.25) is 14.4 Å². The van der Waals surface area contributed by atoms with Crippen molar-refractivity contribution in [2.45, 2.75) is 18.8 Å². The summed E-state index contributed by atoms with van der Waals surface area (Å²) in [4.78, 5) is 51.2. The summed E-state index contributed by atoms with van der Waals surface area (Å²) in [5, 5.41) is 10.9. The molecular formula is C20H20O8. The number of methoxy groups -OCH3 is 3. The van der Waals surface area contributed by atoms with Gasteiger partial charge in [-0.1, -0.05) is 24.3 Å². The molecule has 0 aromatic heterocycles. The van der Waals surface area contributed by atoms with Crippen molar-refractivity contribution in [3.05, 3.63) is 46.7 Å². The third-order valence-electron chi connectivity index (χ3n) is 5.75. The topological polar surface area (TPSA) is 116 Å². The van der Waals surface area contributed by atoms with Crippen LogP contribution in [-0.2, 0) is 33.4 Å². The Kier molecular flexibility index (Phi) is 4.74. The first-order valence-corrected chi connectivity index (χ1v) is 8.56. The Bertz CT molecular complexity index is 915. The van der Waals surface area contributed by atoms with Crippen LogP contribution in [0.1, 0.15) is 29.9 Å². The van der Waals surface area contributed by atoms with E-state index in [2.05, 4.69) is 0 Å². The standard InChI is InChI=1S/C20H20O8/c1-9(21)20(19(25)28-4)14-10-7-5-6-8-11(10)15(20)13(18(24)27-3)16(22)12(14)17(23)26-2/h5-8,12,14-15,22H,1-4H3/t12-,14+,15+,20+/m0/s1. The second kappa shape index (κ2) is 6.78. The SMILES string of the molecule is COC(=O)C1=C(O)[C@@H](C(=O)OC)[C@H]2c3ccccc3[C@H]1[C@]2(C(C)=O)C(=O)OC. The number of benzene rings is 1. The van der Waals surface area contributed by atoms with Crippen LogP contribution in [0.2, 0.25) is 0 Å². The first-order chi connectivity index (χ1) is 13.3. The fourth-order valence-electron chi connectivity index (χ4n) is 4.71. The molecule has 0 heterocycles. The molecule has 148 valence electrons. The number of hydrogen-bond acceptors (Lipinski definition) is 8. The Balaban J connectivity index is 2.49. The fraction of sp³-hybridized carbons (Fsp3) is 0.400. The van der Waals surface area contributed by atoms with Gasteiger partial charge in [-0.25, -0.2) is 4.79 Å². The predicted octanol–water partition coefficient (Wildman–Crippen LogP) is 1.40. The minimum atomic E-state index is -1.91. The van der Waals surface area contributed by atoms with E-state index in [4.69, 9.17) is 14.2 Å². The maximum Gasteiger partial charge on any atom is 0.337 e. The van der Waals surface area contributed by atoms with Gasteiger partial charge in [-0.2, -0.15) is 0 Å². The summed E-state index contributed by atoms with van der Waals surface area (Å²) < 4.78 is 14.6. The molecule has 2 bridgehead atoms. The van der Waals surface area contributed by atoms with E-state index in [1.54, 1.807) is 24.3 Å². The van der Waals surface area contributed by atoms with Crippen LogP contribution >= 0.6 is 0 Å². The molecule has 2 aliphatic rings. The lowest BCUT2D eigenvalue weighted by atomic mass is 9.57. The number of rotatable bonds is 4. The molecule has 4 atom stereocenters. The number of aliphatic hydroxyl groups is 1. The summed E-state index contributed by atoms with van der Waals surface area (Å²) in [6, 6.07) is 6.67. The monoisotopic (exact) mass is 388 g/mol. The number of carbonyl (C=O) groups excluding carboxylic acids is 4. The highest BCUT2D eigenvalue weighted by molar-refractivity contribution is 6.10. The number of ether oxygens (including phenoxy) is 3. The Hall–Kier alpha value is -3.16. The number of carbonyl (C=O) groups is 4. The molecule has 28 heavy (non-hydrogen) atoms. The molecular weight excluding hydrogens is 368 g/mol. The fourth-order valence-corrected chi connectivity index (χ4v) is 4.71. The van der Waals surface area contributed by atoms with E-state index in [1.165, 1.54) is 6.92 Å². The highest BCUT2D eigenvalue weighted by atomic mass is 16.5. The minimum Gasteiger partial charge on any atom is -0.511 e. The van der Waals surface area contributed by atoms with Crippen LogP contribution < -0.4 is 0 Å². The van der Waals surface area contributed by atoms with E-state index >= 15 is 0 Å². The van der Waals surface area contributed by atoms with Crippen LogP contribution in [0.4, 0.5) is 0 Å². The smallest absolute Gasteiger partial charge is 0.337 e. The van der Waals surface area contributed by atoms with E-state index in [0.717, 1.165) is 21.3 Å². The molecule has 0 amide bonds. The molecule has 8 heteroatoms. The molecule has 8 nitrogen and oxygen atoms in total. The zero-order chi connectivity index (χ0) is 20.8. The van der Waals surface area contributed by atoms with Gasteiger partial charge in [0.2, 0.25) is 0 Å². The molecule has 1 N–H and O–H groups in total. The largest absolute Gasteiger partial charge is 0.511 e. The zero-order valence-corrected chi connectivity index (χ0v) is 15.8. The van der Waals surface area contributed by atoms with Gasteiger partial charge in [0.15, 0.2) is 0 Å². The maximum atomic E-state index is 13.0. The highest BCUT2D eigenvalue weighted by Crippen LogP contribution is 2.66. The molecule has 2 aliphatic carbocycles. The summed E-state index contributed by atoms with van der Waals surface area (Å²) in [6.45, 7) is 1.20. The lowest BCUT2D eigenvalue weighted by Crippen LogP contribution is -2.53. The molecule has 1 aromatic rings. The van der Waals surface area contributed by atoms with Gasteiger partial charge in [0.1, 0.15) is 22.9 Å². The normalized spacial score (nSPS) is 27.6. The van der Waals surface area contributed by atoms with Gasteiger partial charge in [0.25, 0.3) is 0 Å². The average Bonchev–Trinajstić information content (AvgIpc) is 2.93. The first kappa shape index (κ1) is 19.6. The molecule has 0 unspecified atom stereocenters. The molecule has 0 fully saturated rings. The Labute approximate surface area is 161 Å². The number of fused-ring (bicyclic) bond motifs is 5. The van der Waals surface area contributed by atoms with Crippen molar-refractivity contribution in [2.75, 3.05) is 21.3 Å². The van der Waals surface area contributed by atoms with Crippen molar-refractivity contribution in [3.8, 4) is 0 Å². The number of ketones is 1. The lowest BCUT2D eigenvalue weighted by molar-refractivity contribution is -0.164. The number of esters is 3. The second-order valence-corrected chi connectivity index (χ2v) is 6.75. The summed E-state index contributed by atoms with van der Waals surface area (Å²) in [6.07, 6.45) is 0. The van der Waals surface area contributed by atoms with Crippen molar-refractivity contribution < 1.29 is 38.5 Å². The Morgan fingerprint density at radius 1 is 0.964 bits per heavy atom. The third kappa shape index (κ3) is 2.23. The van der Waals surface area contributed by atoms with Crippen molar-refractivity contribution in [1.29, 1.82) is 0 Å². The molecule has 1 aromatic carbocycles. The van der Waals surface area contributed by atoms with E-state index in [0.29, 0.717) is 11.1 Å². The van der Waals surface area contributed by atoms with Crippen molar-refractivity contribution in [1.82, 2.24) is 0 Å². The van der Waals surface area contributed by atoms with Crippen molar-refractivity contribution in [2.24, 2.45) is 11.3 Å². The Morgan fingerprint density at radius 3 is 2.07 bits per heavy atom. The quantitative estimate of drug-likeness (QED) is 0.467.